The molecule has 7 heteroatoms. The number of hydrogen-bond acceptors (Lipinski definition) is 4. The van der Waals surface area contributed by atoms with E-state index >= 15 is 0 Å². The molecule has 1 atom stereocenters. The van der Waals surface area contributed by atoms with Crippen molar-refractivity contribution in [2.75, 3.05) is 31.6 Å². The summed E-state index contributed by atoms with van der Waals surface area (Å²) in [7, 11) is 0. The van der Waals surface area contributed by atoms with Gasteiger partial charge in [0.15, 0.2) is 6.61 Å². The normalized spacial score (nSPS) is 18.7. The highest BCUT2D eigenvalue weighted by molar-refractivity contribution is 6.10. The molecule has 2 heterocycles. The Morgan fingerprint density at radius 3 is 2.71 bits per heavy atom. The number of amides is 3. The van der Waals surface area contributed by atoms with Gasteiger partial charge >= 0.3 is 0 Å². The molecule has 0 saturated carbocycles. The van der Waals surface area contributed by atoms with Crippen molar-refractivity contribution in [3.05, 3.63) is 59.7 Å². The van der Waals surface area contributed by atoms with Crippen molar-refractivity contribution in [2.45, 2.75) is 13.0 Å². The molecule has 0 radical (unpaired) electrons. The third-order valence-corrected chi connectivity index (χ3v) is 5.07. The van der Waals surface area contributed by atoms with E-state index in [0.29, 0.717) is 30.1 Å². The van der Waals surface area contributed by atoms with Crippen molar-refractivity contribution in [2.24, 2.45) is 0 Å². The smallest absolute Gasteiger partial charge is 0.260 e. The zero-order valence-electron chi connectivity index (χ0n) is 15.6. The van der Waals surface area contributed by atoms with Gasteiger partial charge in [-0.25, -0.2) is 0 Å². The van der Waals surface area contributed by atoms with Gasteiger partial charge in [0.2, 0.25) is 5.91 Å². The van der Waals surface area contributed by atoms with Crippen LogP contribution in [0.3, 0.4) is 0 Å². The molecule has 0 aromatic heterocycles. The number of hydrogen-bond donors (Lipinski definition) is 1. The van der Waals surface area contributed by atoms with Gasteiger partial charge in [0.25, 0.3) is 11.8 Å². The first kappa shape index (κ1) is 18.0. The maximum absolute atomic E-state index is 13.0. The zero-order chi connectivity index (χ0) is 19.7. The fourth-order valence-electron chi connectivity index (χ4n) is 3.54. The third kappa shape index (κ3) is 3.43. The van der Waals surface area contributed by atoms with E-state index in [1.54, 1.807) is 34.1 Å². The Bertz CT molecular complexity index is 929. The highest BCUT2D eigenvalue weighted by Crippen LogP contribution is 2.26. The monoisotopic (exact) mass is 379 g/mol. The third-order valence-electron chi connectivity index (χ3n) is 5.07. The van der Waals surface area contributed by atoms with Gasteiger partial charge in [-0.3, -0.25) is 14.4 Å². The number of aryl methyl sites for hydroxylation is 1. The van der Waals surface area contributed by atoms with Gasteiger partial charge in [-0.15, -0.1) is 0 Å². The molecule has 2 aromatic rings. The molecule has 3 amide bonds. The molecule has 4 rings (SSSR count). The number of carbonyl (C=O) groups is 3. The summed E-state index contributed by atoms with van der Waals surface area (Å²) < 4.78 is 5.52. The summed E-state index contributed by atoms with van der Waals surface area (Å²) in [6.07, 6.45) is 0. The molecule has 144 valence electrons. The van der Waals surface area contributed by atoms with Crippen LogP contribution in [0.15, 0.2) is 48.5 Å². The van der Waals surface area contributed by atoms with Crippen molar-refractivity contribution < 1.29 is 19.1 Å². The number of fused-ring (bicyclic) bond motifs is 2. The Hall–Kier alpha value is -3.35. The summed E-state index contributed by atoms with van der Waals surface area (Å²) in [5, 5.41) is 2.83. The second kappa shape index (κ2) is 7.34. The predicted molar refractivity (Wildman–Crippen MR) is 103 cm³/mol. The Kier molecular flexibility index (Phi) is 4.73. The largest absolute Gasteiger partial charge is 0.484 e. The van der Waals surface area contributed by atoms with Gasteiger partial charge in [0, 0.05) is 13.1 Å². The van der Waals surface area contributed by atoms with E-state index in [1.165, 1.54) is 0 Å². The number of anilines is 1. The lowest BCUT2D eigenvalue weighted by Gasteiger charge is -2.39. The minimum absolute atomic E-state index is 0.105. The van der Waals surface area contributed by atoms with Crippen molar-refractivity contribution in [3.8, 4) is 5.75 Å². The van der Waals surface area contributed by atoms with Crippen LogP contribution in [0, 0.1) is 6.92 Å². The zero-order valence-corrected chi connectivity index (χ0v) is 15.6. The number of benzene rings is 2. The summed E-state index contributed by atoms with van der Waals surface area (Å²) in [6.45, 7) is 2.63. The molecule has 1 unspecified atom stereocenters. The molecule has 2 aromatic carbocycles. The lowest BCUT2D eigenvalue weighted by Crippen LogP contribution is -2.60. The lowest BCUT2D eigenvalue weighted by atomic mass is 10.1. The number of ether oxygens (including phenoxy) is 1. The summed E-state index contributed by atoms with van der Waals surface area (Å²) in [6, 6.07) is 13.8. The standard InChI is InChI=1S/C21H21N3O4/c1-14-7-8-17-16(11-14)21(27)24-10-9-23(12-18(24)20(26)22-17)19(25)13-28-15-5-3-2-4-6-15/h2-8,11,18H,9-10,12-13H2,1H3,(H,22,26). The molecular formula is C21H21N3O4. The number of nitrogens with zero attached hydrogens (tertiary/aromatic N) is 2. The van der Waals surface area contributed by atoms with Crippen molar-refractivity contribution in [1.29, 1.82) is 0 Å². The highest BCUT2D eigenvalue weighted by atomic mass is 16.5. The average molecular weight is 379 g/mol. The molecule has 2 aliphatic rings. The van der Waals surface area contributed by atoms with Gasteiger partial charge in [-0.1, -0.05) is 29.8 Å². The van der Waals surface area contributed by atoms with Crippen LogP contribution in [0.4, 0.5) is 5.69 Å². The van der Waals surface area contributed by atoms with Crippen LogP contribution >= 0.6 is 0 Å². The van der Waals surface area contributed by atoms with Crippen LogP contribution in [0.25, 0.3) is 0 Å². The Morgan fingerprint density at radius 2 is 1.93 bits per heavy atom. The second-order valence-corrected chi connectivity index (χ2v) is 6.99. The van der Waals surface area contributed by atoms with Gasteiger partial charge in [0.05, 0.1) is 17.8 Å². The number of rotatable bonds is 3. The van der Waals surface area contributed by atoms with Crippen LogP contribution in [0.2, 0.25) is 0 Å². The highest BCUT2D eigenvalue weighted by Gasteiger charge is 2.40. The summed E-state index contributed by atoms with van der Waals surface area (Å²) in [5.41, 5.74) is 1.95. The Balaban J connectivity index is 1.47. The van der Waals surface area contributed by atoms with Crippen molar-refractivity contribution in [3.63, 3.8) is 0 Å². The van der Waals surface area contributed by atoms with E-state index in [2.05, 4.69) is 5.32 Å². The first-order valence-corrected chi connectivity index (χ1v) is 9.21. The Labute approximate surface area is 162 Å². The molecule has 1 fully saturated rings. The van der Waals surface area contributed by atoms with E-state index in [0.717, 1.165) is 5.56 Å². The van der Waals surface area contributed by atoms with E-state index < -0.39 is 6.04 Å². The molecule has 1 N–H and O–H groups in total. The maximum Gasteiger partial charge on any atom is 0.260 e. The van der Waals surface area contributed by atoms with E-state index in [4.69, 9.17) is 4.74 Å². The van der Waals surface area contributed by atoms with E-state index in [-0.39, 0.29) is 30.9 Å². The molecule has 1 saturated heterocycles. The number of nitrogens with one attached hydrogen (secondary N) is 1. The topological polar surface area (TPSA) is 79.0 Å². The molecule has 0 aliphatic carbocycles. The molecular weight excluding hydrogens is 358 g/mol. The van der Waals surface area contributed by atoms with Crippen LogP contribution in [-0.2, 0) is 9.59 Å². The van der Waals surface area contributed by atoms with Crippen LogP contribution in [0.5, 0.6) is 5.75 Å². The number of carbonyl (C=O) groups excluding carboxylic acids is 3. The number of piperazine rings is 1. The Morgan fingerprint density at radius 1 is 1.14 bits per heavy atom. The quantitative estimate of drug-likeness (QED) is 0.880. The molecule has 28 heavy (non-hydrogen) atoms. The van der Waals surface area contributed by atoms with Crippen LogP contribution in [-0.4, -0.2) is 59.8 Å². The molecule has 0 bridgehead atoms. The fourth-order valence-corrected chi connectivity index (χ4v) is 3.54. The van der Waals surface area contributed by atoms with Crippen LogP contribution < -0.4 is 10.1 Å². The summed E-state index contributed by atoms with van der Waals surface area (Å²) in [5.74, 6) is -0.0591. The summed E-state index contributed by atoms with van der Waals surface area (Å²) in [4.78, 5) is 41.4. The van der Waals surface area contributed by atoms with Gasteiger partial charge in [0.1, 0.15) is 11.8 Å². The second-order valence-electron chi connectivity index (χ2n) is 6.99. The maximum atomic E-state index is 13.0. The molecule has 2 aliphatic heterocycles. The number of para-hydroxylation sites is 1. The van der Waals surface area contributed by atoms with E-state index in [9.17, 15) is 14.4 Å². The van der Waals surface area contributed by atoms with Crippen molar-refractivity contribution >= 4 is 23.4 Å². The minimum Gasteiger partial charge on any atom is -0.484 e. The summed E-state index contributed by atoms with van der Waals surface area (Å²) >= 11 is 0. The fraction of sp³-hybridized carbons (Fsp3) is 0.286. The minimum atomic E-state index is -0.713. The van der Waals surface area contributed by atoms with E-state index in [1.807, 2.05) is 31.2 Å². The lowest BCUT2D eigenvalue weighted by molar-refractivity contribution is -0.137. The SMILES string of the molecule is Cc1ccc2c(c1)C(=O)N1CCN(C(=O)COc3ccccc3)CC1C(=O)N2. The molecule has 7 nitrogen and oxygen atoms in total. The van der Waals surface area contributed by atoms with Gasteiger partial charge < -0.3 is 19.9 Å². The van der Waals surface area contributed by atoms with Gasteiger partial charge in [-0.05, 0) is 31.2 Å². The van der Waals surface area contributed by atoms with Crippen molar-refractivity contribution in [1.82, 2.24) is 9.80 Å². The van der Waals surface area contributed by atoms with Gasteiger partial charge in [-0.2, -0.15) is 0 Å². The van der Waals surface area contributed by atoms with Crippen LogP contribution in [0.1, 0.15) is 15.9 Å². The average Bonchev–Trinajstić information content (AvgIpc) is 2.82. The first-order chi connectivity index (χ1) is 13.5. The first-order valence-electron chi connectivity index (χ1n) is 9.21. The predicted octanol–water partition coefficient (Wildman–Crippen LogP) is 1.68. The molecule has 0 spiro atoms.